The molecule has 66 valence electrons. The molecule has 0 amide bonds. The molecule has 0 aliphatic carbocycles. The van der Waals surface area contributed by atoms with Crippen molar-refractivity contribution in [3.63, 3.8) is 0 Å². The summed E-state index contributed by atoms with van der Waals surface area (Å²) in [6.45, 7) is 1.84. The second kappa shape index (κ2) is 3.05. The van der Waals surface area contributed by atoms with Gasteiger partial charge in [0.05, 0.1) is 6.26 Å². The molecule has 0 spiro atoms. The van der Waals surface area contributed by atoms with E-state index in [1.54, 1.807) is 24.5 Å². The highest BCUT2D eigenvalue weighted by Crippen LogP contribution is 2.24. The van der Waals surface area contributed by atoms with E-state index in [1.165, 1.54) is 6.07 Å². The molecule has 2 rings (SSSR count). The van der Waals surface area contributed by atoms with Crippen LogP contribution in [0.5, 0.6) is 0 Å². The van der Waals surface area contributed by atoms with Crippen LogP contribution in [0.1, 0.15) is 5.76 Å². The quantitative estimate of drug-likeness (QED) is 0.649. The Morgan fingerprint density at radius 3 is 2.62 bits per heavy atom. The van der Waals surface area contributed by atoms with Crippen molar-refractivity contribution in [2.45, 2.75) is 6.92 Å². The van der Waals surface area contributed by atoms with Crippen molar-refractivity contribution in [3.8, 4) is 11.1 Å². The molecule has 2 heteroatoms. The van der Waals surface area contributed by atoms with Crippen molar-refractivity contribution in [2.24, 2.45) is 0 Å². The van der Waals surface area contributed by atoms with Gasteiger partial charge in [0.15, 0.2) is 0 Å². The Labute approximate surface area is 75.8 Å². The maximum absolute atomic E-state index is 13.2. The second-order valence-corrected chi connectivity index (χ2v) is 2.93. The minimum Gasteiger partial charge on any atom is -0.469 e. The molecular formula is C11H9FO. The van der Waals surface area contributed by atoms with E-state index >= 15 is 0 Å². The van der Waals surface area contributed by atoms with Crippen molar-refractivity contribution >= 4 is 0 Å². The molecule has 0 aliphatic heterocycles. The van der Waals surface area contributed by atoms with Gasteiger partial charge < -0.3 is 4.42 Å². The standard InChI is InChI=1S/C11H9FO/c1-8-6-9(7-13-8)10-4-2-3-5-11(10)12/h2-7H,1H3. The maximum Gasteiger partial charge on any atom is 0.131 e. The molecule has 0 bridgehead atoms. The molecule has 1 aromatic heterocycles. The Kier molecular flexibility index (Phi) is 1.89. The first kappa shape index (κ1) is 8.05. The molecule has 0 unspecified atom stereocenters. The first-order valence-corrected chi connectivity index (χ1v) is 4.07. The van der Waals surface area contributed by atoms with Gasteiger partial charge in [0.25, 0.3) is 0 Å². The lowest BCUT2D eigenvalue weighted by Gasteiger charge is -1.96. The highest BCUT2D eigenvalue weighted by atomic mass is 19.1. The highest BCUT2D eigenvalue weighted by Gasteiger charge is 2.05. The minimum absolute atomic E-state index is 0.219. The lowest BCUT2D eigenvalue weighted by Crippen LogP contribution is -1.79. The number of furan rings is 1. The predicted molar refractivity (Wildman–Crippen MR) is 48.8 cm³/mol. The average Bonchev–Trinajstić information content (AvgIpc) is 2.53. The summed E-state index contributed by atoms with van der Waals surface area (Å²) in [5.74, 6) is 0.571. The lowest BCUT2D eigenvalue weighted by molar-refractivity contribution is 0.534. The summed E-state index contributed by atoms with van der Waals surface area (Å²) in [6, 6.07) is 8.47. The molecule has 0 N–H and O–H groups in total. The number of aryl methyl sites for hydroxylation is 1. The number of hydrogen-bond acceptors (Lipinski definition) is 1. The number of hydrogen-bond donors (Lipinski definition) is 0. The van der Waals surface area contributed by atoms with Crippen LogP contribution in [0.25, 0.3) is 11.1 Å². The fourth-order valence-corrected chi connectivity index (χ4v) is 1.28. The van der Waals surface area contributed by atoms with E-state index in [0.717, 1.165) is 11.3 Å². The summed E-state index contributed by atoms with van der Waals surface area (Å²) in [7, 11) is 0. The van der Waals surface area contributed by atoms with Crippen LogP contribution in [0, 0.1) is 12.7 Å². The largest absolute Gasteiger partial charge is 0.469 e. The Bertz CT molecular complexity index is 418. The third-order valence-electron chi connectivity index (χ3n) is 1.92. The molecule has 0 atom stereocenters. The fraction of sp³-hybridized carbons (Fsp3) is 0.0909. The minimum atomic E-state index is -0.219. The molecule has 1 aromatic carbocycles. The Hall–Kier alpha value is -1.57. The maximum atomic E-state index is 13.2. The molecule has 1 heterocycles. The molecular weight excluding hydrogens is 167 g/mol. The van der Waals surface area contributed by atoms with Crippen LogP contribution in [0.2, 0.25) is 0 Å². The Morgan fingerprint density at radius 2 is 2.00 bits per heavy atom. The molecule has 13 heavy (non-hydrogen) atoms. The second-order valence-electron chi connectivity index (χ2n) is 2.93. The summed E-state index contributed by atoms with van der Waals surface area (Å²) in [5.41, 5.74) is 1.37. The van der Waals surface area contributed by atoms with Crippen molar-refractivity contribution in [3.05, 3.63) is 48.2 Å². The number of benzene rings is 1. The van der Waals surface area contributed by atoms with Gasteiger partial charge in [-0.05, 0) is 19.1 Å². The van der Waals surface area contributed by atoms with Gasteiger partial charge in [0.2, 0.25) is 0 Å². The topological polar surface area (TPSA) is 13.1 Å². The van der Waals surface area contributed by atoms with Crippen LogP contribution in [-0.2, 0) is 0 Å². The summed E-state index contributed by atoms with van der Waals surface area (Å²) in [4.78, 5) is 0. The Morgan fingerprint density at radius 1 is 1.23 bits per heavy atom. The van der Waals surface area contributed by atoms with Crippen LogP contribution < -0.4 is 0 Å². The van der Waals surface area contributed by atoms with Crippen molar-refractivity contribution in [1.29, 1.82) is 0 Å². The van der Waals surface area contributed by atoms with Gasteiger partial charge in [0.1, 0.15) is 11.6 Å². The molecule has 2 aromatic rings. The fourth-order valence-electron chi connectivity index (χ4n) is 1.28. The SMILES string of the molecule is Cc1cc(-c2ccccc2F)co1. The first-order valence-electron chi connectivity index (χ1n) is 4.07. The lowest BCUT2D eigenvalue weighted by atomic mass is 10.1. The zero-order valence-electron chi connectivity index (χ0n) is 7.25. The van der Waals surface area contributed by atoms with Gasteiger partial charge >= 0.3 is 0 Å². The normalized spacial score (nSPS) is 10.3. The summed E-state index contributed by atoms with van der Waals surface area (Å²) in [6.07, 6.45) is 1.56. The van der Waals surface area contributed by atoms with Gasteiger partial charge in [-0.1, -0.05) is 18.2 Å². The predicted octanol–water partition coefficient (Wildman–Crippen LogP) is 3.39. The zero-order valence-corrected chi connectivity index (χ0v) is 7.25. The molecule has 1 nitrogen and oxygen atoms in total. The molecule has 0 aliphatic rings. The molecule has 0 fully saturated rings. The number of halogens is 1. The molecule has 0 saturated carbocycles. The van der Waals surface area contributed by atoms with Crippen molar-refractivity contribution in [2.75, 3.05) is 0 Å². The van der Waals surface area contributed by atoms with Crippen LogP contribution in [-0.4, -0.2) is 0 Å². The zero-order chi connectivity index (χ0) is 9.26. The van der Waals surface area contributed by atoms with Crippen LogP contribution in [0.15, 0.2) is 41.0 Å². The molecule has 0 saturated heterocycles. The van der Waals surface area contributed by atoms with Gasteiger partial charge in [0, 0.05) is 11.1 Å². The van der Waals surface area contributed by atoms with E-state index in [1.807, 2.05) is 13.0 Å². The van der Waals surface area contributed by atoms with Crippen molar-refractivity contribution < 1.29 is 8.81 Å². The number of rotatable bonds is 1. The van der Waals surface area contributed by atoms with Gasteiger partial charge in [-0.3, -0.25) is 0 Å². The third kappa shape index (κ3) is 1.47. The summed E-state index contributed by atoms with van der Waals surface area (Å²) < 4.78 is 18.4. The van der Waals surface area contributed by atoms with Crippen LogP contribution in [0.4, 0.5) is 4.39 Å². The average molecular weight is 176 g/mol. The van der Waals surface area contributed by atoms with Gasteiger partial charge in [-0.25, -0.2) is 4.39 Å². The van der Waals surface area contributed by atoms with Crippen LogP contribution in [0.3, 0.4) is 0 Å². The summed E-state index contributed by atoms with van der Waals surface area (Å²) in [5, 5.41) is 0. The first-order chi connectivity index (χ1) is 6.27. The highest BCUT2D eigenvalue weighted by molar-refractivity contribution is 5.63. The van der Waals surface area contributed by atoms with Gasteiger partial charge in [-0.2, -0.15) is 0 Å². The molecule has 0 radical (unpaired) electrons. The van der Waals surface area contributed by atoms with E-state index in [0.29, 0.717) is 5.56 Å². The van der Waals surface area contributed by atoms with E-state index in [9.17, 15) is 4.39 Å². The van der Waals surface area contributed by atoms with Gasteiger partial charge in [-0.15, -0.1) is 0 Å². The Balaban J connectivity index is 2.52. The summed E-state index contributed by atoms with van der Waals surface area (Å²) >= 11 is 0. The van der Waals surface area contributed by atoms with Crippen molar-refractivity contribution in [1.82, 2.24) is 0 Å². The monoisotopic (exact) mass is 176 g/mol. The third-order valence-corrected chi connectivity index (χ3v) is 1.92. The van der Waals surface area contributed by atoms with E-state index in [4.69, 9.17) is 4.42 Å². The smallest absolute Gasteiger partial charge is 0.131 e. The van der Waals surface area contributed by atoms with E-state index in [-0.39, 0.29) is 5.82 Å². The van der Waals surface area contributed by atoms with E-state index in [2.05, 4.69) is 0 Å². The van der Waals surface area contributed by atoms with E-state index < -0.39 is 0 Å². The van der Waals surface area contributed by atoms with Crippen LogP contribution >= 0.6 is 0 Å².